The molecule has 3 heteroatoms. The van der Waals surface area contributed by atoms with Gasteiger partial charge in [0.05, 0.1) is 12.7 Å². The van der Waals surface area contributed by atoms with Gasteiger partial charge >= 0.3 is 0 Å². The number of aliphatic hydroxyl groups excluding tert-OH is 1. The smallest absolute Gasteiger partial charge is 0.0900 e. The molecule has 0 unspecified atom stereocenters. The number of piperidine rings is 1. The molecule has 1 saturated heterocycles. The third-order valence-electron chi connectivity index (χ3n) is 6.17. The molecule has 3 fully saturated rings. The number of aliphatic hydroxyl groups is 1. The van der Waals surface area contributed by atoms with Crippen LogP contribution in [-0.4, -0.2) is 49.0 Å². The Morgan fingerprint density at radius 1 is 1.14 bits per heavy atom. The minimum absolute atomic E-state index is 0.307. The monoisotopic (exact) mass is 295 g/mol. The molecule has 0 aromatic heterocycles. The number of hydrogen-bond acceptors (Lipinski definition) is 3. The topological polar surface area (TPSA) is 32.7 Å². The number of ether oxygens (including phenoxy) is 1. The van der Waals surface area contributed by atoms with Gasteiger partial charge in [-0.2, -0.15) is 0 Å². The molecule has 2 saturated carbocycles. The molecule has 3 nitrogen and oxygen atoms in total. The maximum atomic E-state index is 10.1. The van der Waals surface area contributed by atoms with E-state index in [1.807, 2.05) is 0 Å². The second-order valence-corrected chi connectivity index (χ2v) is 7.94. The first kappa shape index (κ1) is 15.8. The molecule has 1 heterocycles. The Hall–Kier alpha value is -0.120. The summed E-state index contributed by atoms with van der Waals surface area (Å²) in [5.74, 6) is 3.81. The molecular formula is C18H33NO2. The summed E-state index contributed by atoms with van der Waals surface area (Å²) in [5.41, 5.74) is 0. The van der Waals surface area contributed by atoms with Crippen LogP contribution in [0.15, 0.2) is 0 Å². The van der Waals surface area contributed by atoms with Gasteiger partial charge in [-0.15, -0.1) is 0 Å². The number of fused-ring (bicyclic) bond motifs is 2. The molecule has 3 rings (SSSR count). The summed E-state index contributed by atoms with van der Waals surface area (Å²) in [6.07, 6.45) is 9.34. The summed E-state index contributed by atoms with van der Waals surface area (Å²) in [7, 11) is 0. The summed E-state index contributed by atoms with van der Waals surface area (Å²) in [5, 5.41) is 10.1. The quantitative estimate of drug-likeness (QED) is 0.733. The zero-order chi connectivity index (χ0) is 14.7. The molecule has 0 aromatic rings. The van der Waals surface area contributed by atoms with E-state index in [-0.39, 0.29) is 6.10 Å². The summed E-state index contributed by atoms with van der Waals surface area (Å²) in [6.45, 7) is 6.77. The molecule has 122 valence electrons. The Morgan fingerprint density at radius 3 is 2.62 bits per heavy atom. The van der Waals surface area contributed by atoms with E-state index in [1.165, 1.54) is 44.9 Å². The fourth-order valence-electron chi connectivity index (χ4n) is 4.78. The molecule has 0 aromatic carbocycles. The third kappa shape index (κ3) is 4.43. The van der Waals surface area contributed by atoms with Gasteiger partial charge in [0.2, 0.25) is 0 Å². The lowest BCUT2D eigenvalue weighted by molar-refractivity contribution is 0.00593. The molecular weight excluding hydrogens is 262 g/mol. The van der Waals surface area contributed by atoms with E-state index < -0.39 is 0 Å². The highest BCUT2D eigenvalue weighted by Gasteiger charge is 2.38. The van der Waals surface area contributed by atoms with E-state index in [0.717, 1.165) is 49.9 Å². The van der Waals surface area contributed by atoms with E-state index in [0.29, 0.717) is 6.61 Å². The van der Waals surface area contributed by atoms with Crippen LogP contribution in [0.2, 0.25) is 0 Å². The Morgan fingerprint density at radius 2 is 1.95 bits per heavy atom. The lowest BCUT2D eigenvalue weighted by atomic mass is 9.87. The summed E-state index contributed by atoms with van der Waals surface area (Å²) in [4.78, 5) is 2.39. The predicted octanol–water partition coefficient (Wildman–Crippen LogP) is 2.92. The fourth-order valence-corrected chi connectivity index (χ4v) is 4.78. The number of rotatable bonds is 7. The van der Waals surface area contributed by atoms with Crippen molar-refractivity contribution in [3.8, 4) is 0 Å². The van der Waals surface area contributed by atoms with E-state index in [1.54, 1.807) is 0 Å². The van der Waals surface area contributed by atoms with Crippen molar-refractivity contribution < 1.29 is 9.84 Å². The molecule has 1 N–H and O–H groups in total. The largest absolute Gasteiger partial charge is 0.389 e. The van der Waals surface area contributed by atoms with Crippen molar-refractivity contribution in [3.05, 3.63) is 0 Å². The Kier molecular flexibility index (Phi) is 5.58. The van der Waals surface area contributed by atoms with Gasteiger partial charge in [0, 0.05) is 13.2 Å². The number of nitrogens with zero attached hydrogens (tertiary/aromatic N) is 1. The van der Waals surface area contributed by atoms with Crippen LogP contribution >= 0.6 is 0 Å². The molecule has 2 bridgehead atoms. The first-order valence-corrected chi connectivity index (χ1v) is 9.19. The van der Waals surface area contributed by atoms with Crippen LogP contribution in [-0.2, 0) is 4.74 Å². The van der Waals surface area contributed by atoms with Crippen LogP contribution in [0.1, 0.15) is 51.9 Å². The fraction of sp³-hybridized carbons (Fsp3) is 1.00. The van der Waals surface area contributed by atoms with Crippen molar-refractivity contribution in [3.63, 3.8) is 0 Å². The van der Waals surface area contributed by atoms with Gasteiger partial charge < -0.3 is 14.7 Å². The lowest BCUT2D eigenvalue weighted by Gasteiger charge is -2.31. The van der Waals surface area contributed by atoms with Crippen LogP contribution < -0.4 is 0 Å². The standard InChI is InChI=1S/C18H33NO2/c1-14-4-7-19(8-5-14)12-18(20)13-21-9-6-17-11-15-2-3-16(17)10-15/h14-18,20H,2-13H2,1H3/t15-,16-,17+,18-/m1/s1. The Labute approximate surface area is 130 Å². The highest BCUT2D eigenvalue weighted by atomic mass is 16.5. The Bertz CT molecular complexity index is 314. The van der Waals surface area contributed by atoms with Crippen molar-refractivity contribution in [2.45, 2.75) is 58.0 Å². The first-order chi connectivity index (χ1) is 10.2. The summed E-state index contributed by atoms with van der Waals surface area (Å²) < 4.78 is 5.75. The average Bonchev–Trinajstić information content (AvgIpc) is 3.09. The average molecular weight is 295 g/mol. The minimum atomic E-state index is -0.307. The zero-order valence-corrected chi connectivity index (χ0v) is 13.7. The number of likely N-dealkylation sites (tertiary alicyclic amines) is 1. The minimum Gasteiger partial charge on any atom is -0.389 e. The van der Waals surface area contributed by atoms with Gasteiger partial charge in [-0.1, -0.05) is 13.3 Å². The molecule has 21 heavy (non-hydrogen) atoms. The second kappa shape index (κ2) is 7.43. The summed E-state index contributed by atoms with van der Waals surface area (Å²) >= 11 is 0. The molecule has 3 aliphatic rings. The van der Waals surface area contributed by atoms with Crippen molar-refractivity contribution in [2.24, 2.45) is 23.7 Å². The van der Waals surface area contributed by atoms with Crippen molar-refractivity contribution >= 4 is 0 Å². The SMILES string of the molecule is CC1CCN(C[C@@H](O)COCC[C@H]2C[C@@H]3CC[C@@H]2C3)CC1. The van der Waals surface area contributed by atoms with Crippen LogP contribution in [0.3, 0.4) is 0 Å². The van der Waals surface area contributed by atoms with Crippen molar-refractivity contribution in [1.82, 2.24) is 4.90 Å². The van der Waals surface area contributed by atoms with Gasteiger partial charge in [0.25, 0.3) is 0 Å². The van der Waals surface area contributed by atoms with E-state index in [9.17, 15) is 5.11 Å². The van der Waals surface area contributed by atoms with Crippen LogP contribution in [0.5, 0.6) is 0 Å². The van der Waals surface area contributed by atoms with Gasteiger partial charge in [0.15, 0.2) is 0 Å². The molecule has 2 aliphatic carbocycles. The Balaban J connectivity index is 1.24. The zero-order valence-electron chi connectivity index (χ0n) is 13.7. The predicted molar refractivity (Wildman–Crippen MR) is 85.2 cm³/mol. The number of hydrogen-bond donors (Lipinski definition) is 1. The third-order valence-corrected chi connectivity index (χ3v) is 6.17. The highest BCUT2D eigenvalue weighted by Crippen LogP contribution is 2.49. The van der Waals surface area contributed by atoms with Crippen molar-refractivity contribution in [1.29, 1.82) is 0 Å². The molecule has 0 radical (unpaired) electrons. The molecule has 1 aliphatic heterocycles. The van der Waals surface area contributed by atoms with E-state index in [2.05, 4.69) is 11.8 Å². The van der Waals surface area contributed by atoms with Gasteiger partial charge in [0.1, 0.15) is 0 Å². The van der Waals surface area contributed by atoms with Crippen molar-refractivity contribution in [2.75, 3.05) is 32.8 Å². The van der Waals surface area contributed by atoms with Gasteiger partial charge in [-0.25, -0.2) is 0 Å². The molecule has 0 spiro atoms. The van der Waals surface area contributed by atoms with Gasteiger partial charge in [-0.3, -0.25) is 0 Å². The van der Waals surface area contributed by atoms with E-state index in [4.69, 9.17) is 4.74 Å². The van der Waals surface area contributed by atoms with Crippen LogP contribution in [0, 0.1) is 23.7 Å². The van der Waals surface area contributed by atoms with Crippen LogP contribution in [0.25, 0.3) is 0 Å². The summed E-state index contributed by atoms with van der Waals surface area (Å²) in [6, 6.07) is 0. The molecule has 4 atom stereocenters. The maximum absolute atomic E-state index is 10.1. The van der Waals surface area contributed by atoms with E-state index >= 15 is 0 Å². The second-order valence-electron chi connectivity index (χ2n) is 7.94. The number of β-amino-alcohol motifs (C(OH)–C–C–N with tert-alkyl or cyclic N) is 1. The molecule has 0 amide bonds. The van der Waals surface area contributed by atoms with Crippen LogP contribution in [0.4, 0.5) is 0 Å². The highest BCUT2D eigenvalue weighted by molar-refractivity contribution is 4.89. The normalized spacial score (nSPS) is 35.4. The lowest BCUT2D eigenvalue weighted by Crippen LogP contribution is -2.39. The maximum Gasteiger partial charge on any atom is 0.0900 e. The first-order valence-electron chi connectivity index (χ1n) is 9.19. The van der Waals surface area contributed by atoms with Gasteiger partial charge in [-0.05, 0) is 75.3 Å².